The van der Waals surface area contributed by atoms with Crippen molar-refractivity contribution in [2.75, 3.05) is 13.7 Å². The smallest absolute Gasteiger partial charge is 0.306 e. The van der Waals surface area contributed by atoms with Crippen LogP contribution in [0.2, 0.25) is 0 Å². The molecule has 2 aliphatic carbocycles. The van der Waals surface area contributed by atoms with Crippen LogP contribution in [-0.2, 0) is 9.53 Å². The number of carboxylic acid groups (broad SMARTS) is 1. The zero-order chi connectivity index (χ0) is 13.7. The predicted octanol–water partition coefficient (Wildman–Crippen LogP) is 2.57. The van der Waals surface area contributed by atoms with Gasteiger partial charge in [-0.2, -0.15) is 0 Å². The van der Waals surface area contributed by atoms with E-state index in [2.05, 4.69) is 5.32 Å². The number of nitrogens with one attached hydrogen (secondary N) is 1. The molecule has 2 N–H and O–H groups in total. The first-order chi connectivity index (χ1) is 9.15. The summed E-state index contributed by atoms with van der Waals surface area (Å²) >= 11 is 0. The quantitative estimate of drug-likeness (QED) is 0.805. The molecular weight excluding hydrogens is 242 g/mol. The van der Waals surface area contributed by atoms with Crippen molar-refractivity contribution >= 4 is 5.97 Å². The maximum atomic E-state index is 10.9. The Morgan fingerprint density at radius 2 is 1.84 bits per heavy atom. The van der Waals surface area contributed by atoms with Gasteiger partial charge in [0.25, 0.3) is 0 Å². The van der Waals surface area contributed by atoms with Crippen molar-refractivity contribution in [1.82, 2.24) is 5.32 Å². The van der Waals surface area contributed by atoms with Gasteiger partial charge in [-0.15, -0.1) is 0 Å². The molecule has 0 amide bonds. The van der Waals surface area contributed by atoms with Crippen LogP contribution < -0.4 is 5.32 Å². The topological polar surface area (TPSA) is 58.6 Å². The second-order valence-electron chi connectivity index (χ2n) is 6.22. The lowest BCUT2D eigenvalue weighted by Crippen LogP contribution is -2.48. The molecule has 0 atom stereocenters. The average Bonchev–Trinajstić information content (AvgIpc) is 2.46. The minimum Gasteiger partial charge on any atom is -0.481 e. The van der Waals surface area contributed by atoms with Crippen LogP contribution in [0.3, 0.4) is 0 Å². The van der Waals surface area contributed by atoms with E-state index in [4.69, 9.17) is 9.84 Å². The van der Waals surface area contributed by atoms with Gasteiger partial charge in [-0.05, 0) is 38.5 Å². The third kappa shape index (κ3) is 3.93. The monoisotopic (exact) mass is 269 g/mol. The van der Waals surface area contributed by atoms with Crippen LogP contribution in [0.25, 0.3) is 0 Å². The number of methoxy groups -OCH3 is 1. The molecule has 19 heavy (non-hydrogen) atoms. The summed E-state index contributed by atoms with van der Waals surface area (Å²) < 4.78 is 5.77. The lowest BCUT2D eigenvalue weighted by Gasteiger charge is -2.38. The number of hydrogen-bond donors (Lipinski definition) is 2. The van der Waals surface area contributed by atoms with Crippen LogP contribution in [0.1, 0.15) is 57.8 Å². The third-order valence-corrected chi connectivity index (χ3v) is 4.99. The van der Waals surface area contributed by atoms with Crippen molar-refractivity contribution < 1.29 is 14.6 Å². The zero-order valence-corrected chi connectivity index (χ0v) is 12.0. The van der Waals surface area contributed by atoms with Gasteiger partial charge in [-0.3, -0.25) is 4.79 Å². The molecule has 2 aliphatic rings. The van der Waals surface area contributed by atoms with Crippen LogP contribution >= 0.6 is 0 Å². The molecule has 2 saturated carbocycles. The summed E-state index contributed by atoms with van der Waals surface area (Å²) in [5.41, 5.74) is 0.0297. The lowest BCUT2D eigenvalue weighted by molar-refractivity contribution is -0.142. The van der Waals surface area contributed by atoms with Crippen molar-refractivity contribution in [2.24, 2.45) is 5.92 Å². The molecule has 2 rings (SSSR count). The highest BCUT2D eigenvalue weighted by molar-refractivity contribution is 5.70. The molecule has 110 valence electrons. The van der Waals surface area contributed by atoms with Gasteiger partial charge < -0.3 is 15.2 Å². The molecule has 0 unspecified atom stereocenters. The molecule has 0 spiro atoms. The first kappa shape index (κ1) is 14.8. The highest BCUT2D eigenvalue weighted by Crippen LogP contribution is 2.31. The Hall–Kier alpha value is -0.610. The van der Waals surface area contributed by atoms with E-state index < -0.39 is 5.97 Å². The first-order valence-corrected chi connectivity index (χ1v) is 7.66. The van der Waals surface area contributed by atoms with Crippen molar-refractivity contribution in [3.8, 4) is 0 Å². The largest absolute Gasteiger partial charge is 0.481 e. The summed E-state index contributed by atoms with van der Waals surface area (Å²) in [4.78, 5) is 10.9. The molecular formula is C15H27NO3. The Morgan fingerprint density at radius 3 is 2.37 bits per heavy atom. The van der Waals surface area contributed by atoms with Crippen molar-refractivity contribution in [3.63, 3.8) is 0 Å². The minimum atomic E-state index is -0.626. The maximum Gasteiger partial charge on any atom is 0.306 e. The van der Waals surface area contributed by atoms with E-state index >= 15 is 0 Å². The number of ether oxygens (including phenoxy) is 1. The average molecular weight is 269 g/mol. The molecule has 2 fully saturated rings. The molecule has 0 bridgehead atoms. The van der Waals surface area contributed by atoms with Gasteiger partial charge in [0.1, 0.15) is 0 Å². The fraction of sp³-hybridized carbons (Fsp3) is 0.933. The van der Waals surface area contributed by atoms with Gasteiger partial charge >= 0.3 is 5.97 Å². The van der Waals surface area contributed by atoms with Gasteiger partial charge in [0.05, 0.1) is 11.5 Å². The zero-order valence-electron chi connectivity index (χ0n) is 12.0. The summed E-state index contributed by atoms with van der Waals surface area (Å²) in [5, 5.41) is 12.6. The van der Waals surface area contributed by atoms with Crippen LogP contribution in [0.5, 0.6) is 0 Å². The number of carboxylic acids is 1. The number of rotatable bonds is 5. The Balaban J connectivity index is 1.75. The second-order valence-corrected chi connectivity index (χ2v) is 6.22. The fourth-order valence-electron chi connectivity index (χ4n) is 3.52. The van der Waals surface area contributed by atoms with Gasteiger partial charge in [0, 0.05) is 19.7 Å². The summed E-state index contributed by atoms with van der Waals surface area (Å²) in [6, 6.07) is 0.476. The number of hydrogen-bond acceptors (Lipinski definition) is 3. The van der Waals surface area contributed by atoms with E-state index in [0.29, 0.717) is 6.04 Å². The summed E-state index contributed by atoms with van der Waals surface area (Å²) in [6.07, 6.45) is 9.76. The summed E-state index contributed by atoms with van der Waals surface area (Å²) in [5.74, 6) is -0.747. The Morgan fingerprint density at radius 1 is 1.21 bits per heavy atom. The molecule has 0 aliphatic heterocycles. The third-order valence-electron chi connectivity index (χ3n) is 4.99. The lowest BCUT2D eigenvalue weighted by atomic mass is 9.83. The molecule has 0 radical (unpaired) electrons. The van der Waals surface area contributed by atoms with Crippen LogP contribution in [0.15, 0.2) is 0 Å². The van der Waals surface area contributed by atoms with Gasteiger partial charge in [-0.25, -0.2) is 0 Å². The molecule has 4 heteroatoms. The van der Waals surface area contributed by atoms with Crippen LogP contribution in [-0.4, -0.2) is 36.4 Å². The van der Waals surface area contributed by atoms with E-state index in [1.807, 2.05) is 7.11 Å². The Labute approximate surface area is 115 Å². The van der Waals surface area contributed by atoms with Crippen LogP contribution in [0.4, 0.5) is 0 Å². The molecule has 0 aromatic heterocycles. The van der Waals surface area contributed by atoms with E-state index in [1.165, 1.54) is 19.3 Å². The van der Waals surface area contributed by atoms with Gasteiger partial charge in [0.2, 0.25) is 0 Å². The minimum absolute atomic E-state index is 0.0297. The molecule has 0 aromatic carbocycles. The number of carbonyl (C=O) groups is 1. The summed E-state index contributed by atoms with van der Waals surface area (Å²) in [7, 11) is 1.83. The molecule has 4 nitrogen and oxygen atoms in total. The SMILES string of the molecule is COC1(CNC2CCC(C(=O)O)CC2)CCCCC1. The van der Waals surface area contributed by atoms with E-state index in [9.17, 15) is 4.79 Å². The van der Waals surface area contributed by atoms with E-state index in [0.717, 1.165) is 45.1 Å². The predicted molar refractivity (Wildman–Crippen MR) is 74.2 cm³/mol. The van der Waals surface area contributed by atoms with E-state index in [-0.39, 0.29) is 11.5 Å². The van der Waals surface area contributed by atoms with Gasteiger partial charge in [-0.1, -0.05) is 19.3 Å². The van der Waals surface area contributed by atoms with Crippen molar-refractivity contribution in [2.45, 2.75) is 69.4 Å². The Bertz CT molecular complexity index is 292. The maximum absolute atomic E-state index is 10.9. The second kappa shape index (κ2) is 6.71. The summed E-state index contributed by atoms with van der Waals surface area (Å²) in [6.45, 7) is 0.923. The highest BCUT2D eigenvalue weighted by atomic mass is 16.5. The van der Waals surface area contributed by atoms with E-state index in [1.54, 1.807) is 0 Å². The fourth-order valence-corrected chi connectivity index (χ4v) is 3.52. The van der Waals surface area contributed by atoms with Crippen LogP contribution in [0, 0.1) is 5.92 Å². The first-order valence-electron chi connectivity index (χ1n) is 7.66. The normalized spacial score (nSPS) is 31.0. The van der Waals surface area contributed by atoms with Crippen molar-refractivity contribution in [3.05, 3.63) is 0 Å². The van der Waals surface area contributed by atoms with Gasteiger partial charge in [0.15, 0.2) is 0 Å². The number of aliphatic carboxylic acids is 1. The standard InChI is InChI=1S/C15H27NO3/c1-19-15(9-3-2-4-10-15)11-16-13-7-5-12(6-8-13)14(17)18/h12-13,16H,2-11H2,1H3,(H,17,18). The highest BCUT2D eigenvalue weighted by Gasteiger charge is 2.33. The molecule has 0 saturated heterocycles. The van der Waals surface area contributed by atoms with Crippen molar-refractivity contribution in [1.29, 1.82) is 0 Å². The molecule has 0 aromatic rings. The molecule has 0 heterocycles. The Kier molecular flexibility index (Phi) is 5.22.